The van der Waals surface area contributed by atoms with Crippen LogP contribution in [0.1, 0.15) is 52.8 Å². The molecule has 2 aromatic heterocycles. The molecule has 5 atom stereocenters. The molecule has 3 unspecified atom stereocenters. The number of aliphatic imine (C=N–C) groups is 1. The molecule has 3 heterocycles. The molecule has 1 aliphatic rings. The lowest BCUT2D eigenvalue weighted by atomic mass is 10.2. The summed E-state index contributed by atoms with van der Waals surface area (Å²) in [6.45, 7) is 10.2. The Labute approximate surface area is 323 Å². The second kappa shape index (κ2) is 20.1. The molecule has 0 aromatic carbocycles. The number of phosphoric ester groups is 1. The summed E-state index contributed by atoms with van der Waals surface area (Å²) in [6.07, 6.45) is 2.26. The largest absolute Gasteiger partial charge is 0.490 e. The van der Waals surface area contributed by atoms with Crippen LogP contribution < -0.4 is 5.73 Å². The number of fused-ring (bicyclic) bond motifs is 1. The minimum atomic E-state index is -5.72. The van der Waals surface area contributed by atoms with E-state index >= 15 is 0 Å². The van der Waals surface area contributed by atoms with Crippen LogP contribution in [0.3, 0.4) is 0 Å². The van der Waals surface area contributed by atoms with Crippen molar-refractivity contribution in [2.75, 3.05) is 45.7 Å². The molecule has 0 aliphatic carbocycles. The summed E-state index contributed by atoms with van der Waals surface area (Å²) in [5, 5.41) is 0.530. The predicted octanol–water partition coefficient (Wildman–Crippen LogP) is 5.25. The van der Waals surface area contributed by atoms with Gasteiger partial charge in [0, 0.05) is 42.8 Å². The Kier molecular flexibility index (Phi) is 17.7. The highest BCUT2D eigenvalue weighted by Gasteiger charge is 2.44. The van der Waals surface area contributed by atoms with Crippen molar-refractivity contribution in [3.8, 4) is 11.8 Å². The van der Waals surface area contributed by atoms with Crippen LogP contribution in [-0.2, 0) is 41.1 Å². The van der Waals surface area contributed by atoms with Crippen LogP contribution in [0.4, 0.5) is 5.82 Å². The molecular weight excluding hydrogens is 838 g/mol. The Bertz CT molecular complexity index is 1770. The molecule has 300 valence electrons. The van der Waals surface area contributed by atoms with E-state index in [1.807, 2.05) is 48.7 Å². The standard InChI is InChI=1S/C27H45N6O13P3S4/c1-26(2,3)52-51-18-42-20-11-22(44-21(20)13-43-48(37,38)46-49(39,40)45-47(34,35)36)33-12-19(9-8-10-41-17-50-53-27(4,5)14-28)23-24(31-16-32(6)7)29-15-30-25(23)33/h12,15-16,20-22H,10-11,13-14,17-18,28H2,1-7H3,(H,37,38)(H,39,40)(H2,34,35,36)/t20?,21-,22-/m1/s1. The van der Waals surface area contributed by atoms with E-state index in [4.69, 9.17) is 34.3 Å². The highest BCUT2D eigenvalue weighted by atomic mass is 33.1. The summed E-state index contributed by atoms with van der Waals surface area (Å²) in [6, 6.07) is 0. The summed E-state index contributed by atoms with van der Waals surface area (Å²) < 4.78 is 67.6. The molecule has 53 heavy (non-hydrogen) atoms. The lowest BCUT2D eigenvalue weighted by Gasteiger charge is -2.22. The van der Waals surface area contributed by atoms with Crippen LogP contribution in [0.25, 0.3) is 11.0 Å². The first kappa shape index (κ1) is 46.7. The molecule has 19 nitrogen and oxygen atoms in total. The van der Waals surface area contributed by atoms with Gasteiger partial charge in [0.15, 0.2) is 5.82 Å². The zero-order valence-electron chi connectivity index (χ0n) is 30.0. The van der Waals surface area contributed by atoms with E-state index in [1.54, 1.807) is 43.6 Å². The molecule has 2 aromatic rings. The average Bonchev–Trinajstić information content (AvgIpc) is 3.59. The van der Waals surface area contributed by atoms with Gasteiger partial charge in [-0.3, -0.25) is 4.52 Å². The van der Waals surface area contributed by atoms with Crippen LogP contribution in [0.5, 0.6) is 0 Å². The number of nitrogens with two attached hydrogens (primary N) is 1. The molecular formula is C27H45N6O13P3S4. The van der Waals surface area contributed by atoms with Gasteiger partial charge in [0.25, 0.3) is 0 Å². The third-order valence-corrected chi connectivity index (χ3v) is 16.0. The molecule has 1 aliphatic heterocycles. The van der Waals surface area contributed by atoms with Gasteiger partial charge < -0.3 is 49.0 Å². The maximum absolute atomic E-state index is 12.5. The SMILES string of the molecule is CN(C)C=Nc1ncnc2c1c(C#CCOCSSC(C)(C)CN)cn2[C@H]1CC(OCSSC(C)(C)C)[C@@H](COP(=O)(O)OP(=O)(O)OP(=O)(O)O)O1. The van der Waals surface area contributed by atoms with Crippen molar-refractivity contribution in [1.82, 2.24) is 19.4 Å². The highest BCUT2D eigenvalue weighted by molar-refractivity contribution is 8.77. The number of rotatable bonds is 20. The third-order valence-electron chi connectivity index (χ3n) is 6.25. The van der Waals surface area contributed by atoms with E-state index in [2.05, 4.69) is 35.4 Å². The number of aromatic nitrogens is 3. The van der Waals surface area contributed by atoms with Crippen molar-refractivity contribution < 1.29 is 60.6 Å². The van der Waals surface area contributed by atoms with Crippen molar-refractivity contribution in [2.45, 2.75) is 69.0 Å². The van der Waals surface area contributed by atoms with Gasteiger partial charge in [-0.25, -0.2) is 28.7 Å². The summed E-state index contributed by atoms with van der Waals surface area (Å²) in [4.78, 5) is 52.4. The number of nitrogens with zero attached hydrogens (tertiary/aromatic N) is 5. The van der Waals surface area contributed by atoms with Gasteiger partial charge in [0.05, 0.1) is 30.0 Å². The predicted molar refractivity (Wildman–Crippen MR) is 208 cm³/mol. The van der Waals surface area contributed by atoms with Crippen LogP contribution in [0.2, 0.25) is 0 Å². The Morgan fingerprint density at radius 1 is 1.08 bits per heavy atom. The van der Waals surface area contributed by atoms with Gasteiger partial charge in [-0.1, -0.05) is 75.8 Å². The Morgan fingerprint density at radius 3 is 2.42 bits per heavy atom. The topological polar surface area (TPSA) is 260 Å². The smallest absolute Gasteiger partial charge is 0.369 e. The minimum Gasteiger partial charge on any atom is -0.369 e. The third kappa shape index (κ3) is 16.7. The first-order chi connectivity index (χ1) is 24.5. The van der Waals surface area contributed by atoms with E-state index in [0.717, 1.165) is 0 Å². The lowest BCUT2D eigenvalue weighted by molar-refractivity contribution is -0.0520. The van der Waals surface area contributed by atoms with Gasteiger partial charge >= 0.3 is 23.5 Å². The Morgan fingerprint density at radius 2 is 1.77 bits per heavy atom. The molecule has 26 heteroatoms. The number of ether oxygens (including phenoxy) is 3. The first-order valence-electron chi connectivity index (χ1n) is 15.5. The fourth-order valence-electron chi connectivity index (χ4n) is 4.11. The van der Waals surface area contributed by atoms with Gasteiger partial charge in [-0.15, -0.1) is 0 Å². The van der Waals surface area contributed by atoms with Crippen molar-refractivity contribution in [1.29, 1.82) is 0 Å². The van der Waals surface area contributed by atoms with Crippen LogP contribution in [0, 0.1) is 11.8 Å². The fourth-order valence-corrected chi connectivity index (χ4v) is 11.2. The zero-order valence-corrected chi connectivity index (χ0v) is 35.9. The molecule has 1 saturated heterocycles. The minimum absolute atomic E-state index is 0.0717. The van der Waals surface area contributed by atoms with Gasteiger partial charge in [-0.05, 0) is 13.8 Å². The van der Waals surface area contributed by atoms with E-state index in [-0.39, 0.29) is 28.5 Å². The summed E-state index contributed by atoms with van der Waals surface area (Å²) in [5.41, 5.74) is 6.73. The van der Waals surface area contributed by atoms with Gasteiger partial charge in [0.1, 0.15) is 42.8 Å². The molecule has 0 radical (unpaired) electrons. The molecule has 0 saturated carbocycles. The van der Waals surface area contributed by atoms with E-state index in [9.17, 15) is 23.5 Å². The maximum Gasteiger partial charge on any atom is 0.490 e. The van der Waals surface area contributed by atoms with Crippen molar-refractivity contribution in [3.63, 3.8) is 0 Å². The highest BCUT2D eigenvalue weighted by Crippen LogP contribution is 2.66. The van der Waals surface area contributed by atoms with Gasteiger partial charge in [0.2, 0.25) is 0 Å². The zero-order chi connectivity index (χ0) is 39.7. The summed E-state index contributed by atoms with van der Waals surface area (Å²) >= 11 is 0. The Balaban J connectivity index is 1.89. The second-order valence-corrected chi connectivity index (χ2v) is 23.3. The molecule has 3 rings (SSSR count). The van der Waals surface area contributed by atoms with Gasteiger partial charge in [-0.2, -0.15) is 8.62 Å². The fraction of sp³-hybridized carbons (Fsp3) is 0.667. The van der Waals surface area contributed by atoms with E-state index in [0.29, 0.717) is 34.9 Å². The monoisotopic (exact) mass is 882 g/mol. The normalized spacial score (nSPS) is 20.7. The summed E-state index contributed by atoms with van der Waals surface area (Å²) in [7, 11) is -6.91. The van der Waals surface area contributed by atoms with Crippen molar-refractivity contribution in [3.05, 3.63) is 18.1 Å². The van der Waals surface area contributed by atoms with E-state index in [1.165, 1.54) is 27.9 Å². The molecule has 0 amide bonds. The van der Waals surface area contributed by atoms with Crippen molar-refractivity contribution >= 4 is 89.8 Å². The molecule has 1 fully saturated rings. The number of hydrogen-bond acceptors (Lipinski definition) is 17. The van der Waals surface area contributed by atoms with E-state index < -0.39 is 48.5 Å². The second-order valence-electron chi connectivity index (χ2n) is 12.9. The van der Waals surface area contributed by atoms with Crippen LogP contribution in [0.15, 0.2) is 17.5 Å². The number of hydrogen-bond donors (Lipinski definition) is 5. The number of phosphoric acid groups is 3. The average molecular weight is 883 g/mol. The molecule has 0 spiro atoms. The van der Waals surface area contributed by atoms with Crippen LogP contribution in [-0.4, -0.2) is 113 Å². The molecule has 0 bridgehead atoms. The van der Waals surface area contributed by atoms with Crippen LogP contribution >= 0.6 is 66.6 Å². The lowest BCUT2D eigenvalue weighted by Crippen LogP contribution is -2.29. The maximum atomic E-state index is 12.5. The summed E-state index contributed by atoms with van der Waals surface area (Å²) in [5.74, 6) is 7.08. The van der Waals surface area contributed by atoms with Crippen molar-refractivity contribution in [2.24, 2.45) is 10.7 Å². The molecule has 6 N–H and O–H groups in total. The Hall–Kier alpha value is -0.700. The quantitative estimate of drug-likeness (QED) is 0.0216. The first-order valence-corrected chi connectivity index (χ1v) is 24.7.